The molecule has 0 fully saturated rings. The third-order valence-electron chi connectivity index (χ3n) is 3.02. The number of nitrogens with zero attached hydrogens (tertiary/aromatic N) is 3. The predicted molar refractivity (Wildman–Crippen MR) is 69.2 cm³/mol. The van der Waals surface area contributed by atoms with Gasteiger partial charge in [-0.2, -0.15) is 5.10 Å². The smallest absolute Gasteiger partial charge is 0.138 e. The molecule has 0 radical (unpaired) electrons. The Morgan fingerprint density at radius 3 is 2.78 bits per heavy atom. The van der Waals surface area contributed by atoms with Gasteiger partial charge >= 0.3 is 0 Å². The molecular weight excluding hydrogens is 228 g/mol. The molecule has 2 heterocycles. The van der Waals surface area contributed by atoms with Crippen LogP contribution in [0.3, 0.4) is 0 Å². The highest BCUT2D eigenvalue weighted by molar-refractivity contribution is 5.12. The van der Waals surface area contributed by atoms with E-state index in [9.17, 15) is 0 Å². The molecule has 1 unspecified atom stereocenters. The predicted octanol–water partition coefficient (Wildman–Crippen LogP) is 1.86. The van der Waals surface area contributed by atoms with Gasteiger partial charge in [0.25, 0.3) is 0 Å². The van der Waals surface area contributed by atoms with E-state index in [1.807, 2.05) is 19.2 Å². The third kappa shape index (κ3) is 2.79. The van der Waals surface area contributed by atoms with Gasteiger partial charge in [-0.25, -0.2) is 4.98 Å². The summed E-state index contributed by atoms with van der Waals surface area (Å²) in [5.41, 5.74) is 0. The lowest BCUT2D eigenvalue weighted by Gasteiger charge is -2.14. The van der Waals surface area contributed by atoms with Crippen LogP contribution in [0, 0.1) is 0 Å². The zero-order valence-corrected chi connectivity index (χ0v) is 11.2. The fourth-order valence-electron chi connectivity index (χ4n) is 1.98. The Morgan fingerprint density at radius 1 is 1.39 bits per heavy atom. The number of rotatable bonds is 6. The summed E-state index contributed by atoms with van der Waals surface area (Å²) in [7, 11) is 1.91. The van der Waals surface area contributed by atoms with Crippen molar-refractivity contribution < 1.29 is 4.42 Å². The van der Waals surface area contributed by atoms with Gasteiger partial charge in [0, 0.05) is 19.9 Å². The minimum absolute atomic E-state index is 0.151. The monoisotopic (exact) mass is 248 g/mol. The van der Waals surface area contributed by atoms with Crippen molar-refractivity contribution in [3.8, 4) is 0 Å². The van der Waals surface area contributed by atoms with Crippen LogP contribution in [0.1, 0.15) is 37.2 Å². The van der Waals surface area contributed by atoms with Crippen molar-refractivity contribution >= 4 is 0 Å². The summed E-state index contributed by atoms with van der Waals surface area (Å²) < 4.78 is 7.62. The number of nitrogens with one attached hydrogen (secondary N) is 1. The molecule has 5 nitrogen and oxygen atoms in total. The van der Waals surface area contributed by atoms with Crippen molar-refractivity contribution in [3.05, 3.63) is 35.8 Å². The molecule has 1 N–H and O–H groups in total. The Morgan fingerprint density at radius 2 is 2.22 bits per heavy atom. The maximum Gasteiger partial charge on any atom is 0.138 e. The van der Waals surface area contributed by atoms with E-state index in [0.29, 0.717) is 0 Å². The molecule has 2 rings (SSSR count). The summed E-state index contributed by atoms with van der Waals surface area (Å²) in [6.07, 6.45) is 3.28. The molecule has 0 saturated carbocycles. The normalized spacial score (nSPS) is 12.8. The number of furan rings is 1. The number of likely N-dealkylation sites (N-methyl/N-ethyl adjacent to an activating group) is 1. The Hall–Kier alpha value is -1.62. The van der Waals surface area contributed by atoms with Crippen molar-refractivity contribution in [2.24, 2.45) is 7.05 Å². The first-order valence-electron chi connectivity index (χ1n) is 6.39. The van der Waals surface area contributed by atoms with Gasteiger partial charge in [-0.1, -0.05) is 13.8 Å². The number of hydrogen-bond donors (Lipinski definition) is 1. The van der Waals surface area contributed by atoms with Crippen LogP contribution in [0.5, 0.6) is 0 Å². The Labute approximate surface area is 107 Å². The van der Waals surface area contributed by atoms with Gasteiger partial charge in [-0.3, -0.25) is 4.68 Å². The van der Waals surface area contributed by atoms with Gasteiger partial charge in [-0.15, -0.1) is 0 Å². The van der Waals surface area contributed by atoms with E-state index in [4.69, 9.17) is 4.42 Å². The second kappa shape index (κ2) is 5.82. The van der Waals surface area contributed by atoms with Crippen molar-refractivity contribution in [2.45, 2.75) is 32.7 Å². The summed E-state index contributed by atoms with van der Waals surface area (Å²) in [4.78, 5) is 4.26. The topological polar surface area (TPSA) is 55.9 Å². The first-order chi connectivity index (χ1) is 8.74. The fourth-order valence-corrected chi connectivity index (χ4v) is 1.98. The summed E-state index contributed by atoms with van der Waals surface area (Å²) in [6, 6.07) is 4.23. The molecule has 98 valence electrons. The SMILES string of the molecule is CCNC(Cc1ncnn1C)c1ccc(CC)o1. The van der Waals surface area contributed by atoms with E-state index in [1.54, 1.807) is 11.0 Å². The van der Waals surface area contributed by atoms with Gasteiger partial charge in [-0.05, 0) is 18.7 Å². The number of aryl methyl sites for hydroxylation is 2. The van der Waals surface area contributed by atoms with Gasteiger partial charge in [0.2, 0.25) is 0 Å². The molecule has 0 aliphatic carbocycles. The summed E-state index contributed by atoms with van der Waals surface area (Å²) in [5, 5.41) is 7.52. The van der Waals surface area contributed by atoms with E-state index in [0.717, 1.165) is 36.7 Å². The third-order valence-corrected chi connectivity index (χ3v) is 3.02. The van der Waals surface area contributed by atoms with Crippen LogP contribution in [0.2, 0.25) is 0 Å². The molecule has 2 aromatic rings. The van der Waals surface area contributed by atoms with E-state index < -0.39 is 0 Å². The maximum atomic E-state index is 5.82. The zero-order chi connectivity index (χ0) is 13.0. The Balaban J connectivity index is 2.15. The van der Waals surface area contributed by atoms with Crippen molar-refractivity contribution in [3.63, 3.8) is 0 Å². The molecule has 0 bridgehead atoms. The highest BCUT2D eigenvalue weighted by atomic mass is 16.3. The Bertz CT molecular complexity index is 489. The first-order valence-corrected chi connectivity index (χ1v) is 6.39. The van der Waals surface area contributed by atoms with Crippen LogP contribution in [0.15, 0.2) is 22.9 Å². The summed E-state index contributed by atoms with van der Waals surface area (Å²) >= 11 is 0. The molecule has 0 spiro atoms. The van der Waals surface area contributed by atoms with Crippen LogP contribution < -0.4 is 5.32 Å². The molecule has 18 heavy (non-hydrogen) atoms. The maximum absolute atomic E-state index is 5.82. The van der Waals surface area contributed by atoms with Crippen LogP contribution >= 0.6 is 0 Å². The van der Waals surface area contributed by atoms with Crippen LogP contribution in [0.4, 0.5) is 0 Å². The van der Waals surface area contributed by atoms with Gasteiger partial charge < -0.3 is 9.73 Å². The molecule has 0 aliphatic heterocycles. The lowest BCUT2D eigenvalue weighted by molar-refractivity contribution is 0.390. The highest BCUT2D eigenvalue weighted by Gasteiger charge is 2.17. The van der Waals surface area contributed by atoms with Gasteiger partial charge in [0.05, 0.1) is 6.04 Å². The molecule has 0 saturated heterocycles. The molecule has 1 atom stereocenters. The van der Waals surface area contributed by atoms with E-state index in [1.165, 1.54) is 0 Å². The second-order valence-electron chi connectivity index (χ2n) is 4.27. The van der Waals surface area contributed by atoms with Crippen molar-refractivity contribution in [1.82, 2.24) is 20.1 Å². The lowest BCUT2D eigenvalue weighted by Crippen LogP contribution is -2.23. The van der Waals surface area contributed by atoms with E-state index >= 15 is 0 Å². The van der Waals surface area contributed by atoms with E-state index in [-0.39, 0.29) is 6.04 Å². The molecule has 0 amide bonds. The number of hydrogen-bond acceptors (Lipinski definition) is 4. The highest BCUT2D eigenvalue weighted by Crippen LogP contribution is 2.20. The minimum Gasteiger partial charge on any atom is -0.464 e. The largest absolute Gasteiger partial charge is 0.464 e. The van der Waals surface area contributed by atoms with Gasteiger partial charge in [0.15, 0.2) is 0 Å². The second-order valence-corrected chi connectivity index (χ2v) is 4.27. The fraction of sp³-hybridized carbons (Fsp3) is 0.538. The molecule has 0 aromatic carbocycles. The Kier molecular flexibility index (Phi) is 4.15. The molecular formula is C13H20N4O. The summed E-state index contributed by atoms with van der Waals surface area (Å²) in [6.45, 7) is 5.07. The van der Waals surface area contributed by atoms with Crippen molar-refractivity contribution in [1.29, 1.82) is 0 Å². The average molecular weight is 248 g/mol. The van der Waals surface area contributed by atoms with E-state index in [2.05, 4.69) is 29.2 Å². The molecule has 2 aromatic heterocycles. The van der Waals surface area contributed by atoms with Crippen LogP contribution in [-0.4, -0.2) is 21.3 Å². The number of aromatic nitrogens is 3. The van der Waals surface area contributed by atoms with Crippen molar-refractivity contribution in [2.75, 3.05) is 6.54 Å². The minimum atomic E-state index is 0.151. The average Bonchev–Trinajstić information content (AvgIpc) is 2.98. The zero-order valence-electron chi connectivity index (χ0n) is 11.2. The first kappa shape index (κ1) is 12.8. The quantitative estimate of drug-likeness (QED) is 0.848. The lowest BCUT2D eigenvalue weighted by atomic mass is 10.1. The van der Waals surface area contributed by atoms with Crippen LogP contribution in [-0.2, 0) is 19.9 Å². The molecule has 5 heteroatoms. The standard InChI is InChI=1S/C13H20N4O/c1-4-10-6-7-12(18-10)11(14-5-2)8-13-15-9-16-17(13)3/h6-7,9,11,14H,4-5,8H2,1-3H3. The van der Waals surface area contributed by atoms with Crippen LogP contribution in [0.25, 0.3) is 0 Å². The summed E-state index contributed by atoms with van der Waals surface area (Å²) in [5.74, 6) is 2.94. The molecule has 0 aliphatic rings. The van der Waals surface area contributed by atoms with Gasteiger partial charge in [0.1, 0.15) is 23.7 Å².